The Bertz CT molecular complexity index is 649. The van der Waals surface area contributed by atoms with E-state index in [0.717, 1.165) is 16.5 Å². The molecule has 0 spiro atoms. The van der Waals surface area contributed by atoms with Crippen LogP contribution in [0, 0.1) is 5.41 Å². The largest absolute Gasteiger partial charge is 0.481 e. The Morgan fingerprint density at radius 1 is 1.33 bits per heavy atom. The first kappa shape index (κ1) is 14.2. The number of aromatic nitrogens is 4. The number of hydrogen-bond donors (Lipinski definition) is 1. The highest BCUT2D eigenvalue weighted by atomic mass is 79.9. The first-order chi connectivity index (χ1) is 10.1. The first-order valence-corrected chi connectivity index (χ1v) is 7.61. The summed E-state index contributed by atoms with van der Waals surface area (Å²) in [5, 5.41) is 21.1. The second-order valence-corrected chi connectivity index (χ2v) is 6.41. The zero-order valence-corrected chi connectivity index (χ0v) is 13.0. The molecular weight excluding hydrogens is 336 g/mol. The number of carbonyl (C=O) groups is 1. The normalized spacial score (nSPS) is 16.4. The summed E-state index contributed by atoms with van der Waals surface area (Å²) in [5.41, 5.74) is 0.399. The fourth-order valence-corrected chi connectivity index (χ4v) is 2.85. The molecule has 1 aliphatic rings. The van der Waals surface area contributed by atoms with Crippen molar-refractivity contribution in [1.82, 2.24) is 20.2 Å². The van der Waals surface area contributed by atoms with Gasteiger partial charge in [0, 0.05) is 10.9 Å². The highest BCUT2D eigenvalue weighted by molar-refractivity contribution is 9.10. The molecule has 1 aromatic carbocycles. The maximum Gasteiger partial charge on any atom is 0.311 e. The molecule has 0 aliphatic heterocycles. The van der Waals surface area contributed by atoms with Crippen LogP contribution in [0.5, 0.6) is 0 Å². The highest BCUT2D eigenvalue weighted by Crippen LogP contribution is 2.42. The van der Waals surface area contributed by atoms with Crippen molar-refractivity contribution in [3.63, 3.8) is 0 Å². The molecule has 1 aromatic heterocycles. The average Bonchev–Trinajstić information content (AvgIpc) is 2.83. The Morgan fingerprint density at radius 2 is 2.05 bits per heavy atom. The van der Waals surface area contributed by atoms with Gasteiger partial charge in [-0.1, -0.05) is 34.5 Å². The van der Waals surface area contributed by atoms with Gasteiger partial charge in [0.25, 0.3) is 0 Å². The van der Waals surface area contributed by atoms with Crippen molar-refractivity contribution < 1.29 is 9.90 Å². The van der Waals surface area contributed by atoms with Crippen LogP contribution in [0.1, 0.15) is 30.7 Å². The Hall–Kier alpha value is -1.76. The van der Waals surface area contributed by atoms with E-state index in [2.05, 4.69) is 31.5 Å². The summed E-state index contributed by atoms with van der Waals surface area (Å²) in [6.45, 7) is 0.348. The van der Waals surface area contributed by atoms with Crippen molar-refractivity contribution in [3.05, 3.63) is 40.1 Å². The molecule has 2 aromatic rings. The van der Waals surface area contributed by atoms with Crippen LogP contribution >= 0.6 is 15.9 Å². The van der Waals surface area contributed by atoms with E-state index in [-0.39, 0.29) is 0 Å². The van der Waals surface area contributed by atoms with Crippen LogP contribution in [0.15, 0.2) is 28.7 Å². The molecule has 0 saturated heterocycles. The highest BCUT2D eigenvalue weighted by Gasteiger charge is 2.45. The van der Waals surface area contributed by atoms with E-state index in [9.17, 15) is 9.90 Å². The number of rotatable bonds is 5. The molecule has 6 nitrogen and oxygen atoms in total. The lowest BCUT2D eigenvalue weighted by Crippen LogP contribution is -2.42. The predicted molar refractivity (Wildman–Crippen MR) is 78.7 cm³/mol. The van der Waals surface area contributed by atoms with Gasteiger partial charge in [0.1, 0.15) is 0 Å². The molecule has 0 unspecified atom stereocenters. The summed E-state index contributed by atoms with van der Waals surface area (Å²) >= 11 is 3.40. The molecule has 1 aliphatic carbocycles. The molecule has 110 valence electrons. The third kappa shape index (κ3) is 2.83. The number of benzene rings is 1. The molecular formula is C14H15BrN4O2. The average molecular weight is 351 g/mol. The fraction of sp³-hybridized carbons (Fsp3) is 0.429. The van der Waals surface area contributed by atoms with Gasteiger partial charge in [0.15, 0.2) is 5.82 Å². The molecule has 7 heteroatoms. The monoisotopic (exact) mass is 350 g/mol. The minimum Gasteiger partial charge on any atom is -0.481 e. The summed E-state index contributed by atoms with van der Waals surface area (Å²) in [5.74, 6) is -0.0521. The Labute approximate surface area is 130 Å². The van der Waals surface area contributed by atoms with Gasteiger partial charge >= 0.3 is 5.97 Å². The lowest BCUT2D eigenvalue weighted by molar-refractivity contribution is -0.156. The van der Waals surface area contributed by atoms with Gasteiger partial charge in [-0.3, -0.25) is 4.79 Å². The summed E-state index contributed by atoms with van der Waals surface area (Å²) in [6, 6.07) is 7.93. The molecule has 0 amide bonds. The maximum absolute atomic E-state index is 11.4. The molecule has 1 heterocycles. The second kappa shape index (κ2) is 5.55. The van der Waals surface area contributed by atoms with Gasteiger partial charge in [-0.2, -0.15) is 0 Å². The Morgan fingerprint density at radius 3 is 2.62 bits per heavy atom. The maximum atomic E-state index is 11.4. The summed E-state index contributed by atoms with van der Waals surface area (Å²) < 4.78 is 2.65. The summed E-state index contributed by atoms with van der Waals surface area (Å²) in [7, 11) is 0. The minimum atomic E-state index is -0.751. The number of tetrazole rings is 1. The van der Waals surface area contributed by atoms with E-state index < -0.39 is 11.4 Å². The molecule has 1 N–H and O–H groups in total. The third-order valence-electron chi connectivity index (χ3n) is 4.10. The molecule has 1 fully saturated rings. The van der Waals surface area contributed by atoms with Crippen molar-refractivity contribution in [3.8, 4) is 0 Å². The van der Waals surface area contributed by atoms with Gasteiger partial charge in [-0.05, 0) is 41.0 Å². The lowest BCUT2D eigenvalue weighted by atomic mass is 9.69. The van der Waals surface area contributed by atoms with E-state index in [0.29, 0.717) is 31.6 Å². The Balaban J connectivity index is 1.78. The molecule has 21 heavy (non-hydrogen) atoms. The van der Waals surface area contributed by atoms with Crippen LogP contribution in [0.2, 0.25) is 0 Å². The molecule has 0 bridgehead atoms. The molecule has 0 atom stereocenters. The van der Waals surface area contributed by atoms with Crippen molar-refractivity contribution in [1.29, 1.82) is 0 Å². The number of aliphatic carboxylic acids is 1. The Kier molecular flexibility index (Phi) is 3.75. The van der Waals surface area contributed by atoms with E-state index in [4.69, 9.17) is 0 Å². The zero-order chi connectivity index (χ0) is 14.9. The van der Waals surface area contributed by atoms with Gasteiger partial charge in [0.05, 0.1) is 12.0 Å². The number of carboxylic acids is 1. The standard InChI is InChI=1S/C14H15BrN4O2/c15-11-4-2-10(3-5-11)8-12-16-17-18-19(12)9-14(13(20)21)6-1-7-14/h2-5H,1,6-9H2,(H,20,21). The van der Waals surface area contributed by atoms with Crippen LogP contribution in [0.4, 0.5) is 0 Å². The van der Waals surface area contributed by atoms with Gasteiger partial charge in [0.2, 0.25) is 0 Å². The predicted octanol–water partition coefficient (Wildman–Crippen LogP) is 2.28. The number of hydrogen-bond acceptors (Lipinski definition) is 4. The second-order valence-electron chi connectivity index (χ2n) is 5.50. The van der Waals surface area contributed by atoms with Crippen molar-refractivity contribution in [2.75, 3.05) is 0 Å². The fourth-order valence-electron chi connectivity index (χ4n) is 2.59. The summed E-state index contributed by atoms with van der Waals surface area (Å²) in [4.78, 5) is 11.4. The lowest BCUT2D eigenvalue weighted by Gasteiger charge is -2.37. The molecule has 1 saturated carbocycles. The van der Waals surface area contributed by atoms with Gasteiger partial charge in [-0.25, -0.2) is 4.68 Å². The molecule has 3 rings (SSSR count). The quantitative estimate of drug-likeness (QED) is 0.894. The summed E-state index contributed by atoms with van der Waals surface area (Å²) in [6.07, 6.45) is 2.94. The SMILES string of the molecule is O=C(O)C1(Cn2nnnc2Cc2ccc(Br)cc2)CCC1. The van der Waals surface area contributed by atoms with E-state index in [1.54, 1.807) is 4.68 Å². The van der Waals surface area contributed by atoms with E-state index in [1.165, 1.54) is 0 Å². The van der Waals surface area contributed by atoms with Gasteiger partial charge in [-0.15, -0.1) is 5.10 Å². The van der Waals surface area contributed by atoms with E-state index >= 15 is 0 Å². The topological polar surface area (TPSA) is 80.9 Å². The smallest absolute Gasteiger partial charge is 0.311 e. The minimum absolute atomic E-state index is 0.348. The van der Waals surface area contributed by atoms with Crippen molar-refractivity contribution in [2.45, 2.75) is 32.2 Å². The van der Waals surface area contributed by atoms with Crippen LogP contribution in [-0.2, 0) is 17.8 Å². The molecule has 0 radical (unpaired) electrons. The van der Waals surface area contributed by atoms with Crippen LogP contribution in [-0.4, -0.2) is 31.3 Å². The third-order valence-corrected chi connectivity index (χ3v) is 4.63. The van der Waals surface area contributed by atoms with Crippen molar-refractivity contribution >= 4 is 21.9 Å². The van der Waals surface area contributed by atoms with Crippen molar-refractivity contribution in [2.24, 2.45) is 5.41 Å². The zero-order valence-electron chi connectivity index (χ0n) is 11.4. The van der Waals surface area contributed by atoms with E-state index in [1.807, 2.05) is 24.3 Å². The number of carboxylic acid groups (broad SMARTS) is 1. The first-order valence-electron chi connectivity index (χ1n) is 6.82. The van der Waals surface area contributed by atoms with Crippen LogP contribution in [0.25, 0.3) is 0 Å². The van der Waals surface area contributed by atoms with Crippen LogP contribution in [0.3, 0.4) is 0 Å². The number of halogens is 1. The van der Waals surface area contributed by atoms with Gasteiger partial charge < -0.3 is 5.11 Å². The number of nitrogens with zero attached hydrogens (tertiary/aromatic N) is 4. The van der Waals surface area contributed by atoms with Crippen LogP contribution < -0.4 is 0 Å².